The smallest absolute Gasteiger partial charge is 0.335 e. The summed E-state index contributed by atoms with van der Waals surface area (Å²) in [6, 6.07) is 8.79. The van der Waals surface area contributed by atoms with E-state index in [2.05, 4.69) is 10.3 Å². The Morgan fingerprint density at radius 3 is 2.48 bits per heavy atom. The molecule has 0 amide bonds. The van der Waals surface area contributed by atoms with E-state index in [-0.39, 0.29) is 10.5 Å². The van der Waals surface area contributed by atoms with Crippen molar-refractivity contribution in [3.05, 3.63) is 53.9 Å². The number of carbonyl (C=O) groups is 1. The lowest BCUT2D eigenvalue weighted by atomic mass is 10.2. The summed E-state index contributed by atoms with van der Waals surface area (Å²) in [4.78, 5) is 14.9. The zero-order valence-corrected chi connectivity index (χ0v) is 11.7. The van der Waals surface area contributed by atoms with Crippen molar-refractivity contribution in [1.29, 1.82) is 0 Å². The second-order valence-electron chi connectivity index (χ2n) is 4.26. The molecule has 1 heterocycles. The number of aromatic carboxylic acids is 1. The van der Waals surface area contributed by atoms with Gasteiger partial charge in [-0.3, -0.25) is 4.98 Å². The van der Waals surface area contributed by atoms with Crippen LogP contribution in [0.5, 0.6) is 0 Å². The highest BCUT2D eigenvalue weighted by Gasteiger charge is 2.07. The highest BCUT2D eigenvalue weighted by Crippen LogP contribution is 2.13. The predicted octanol–water partition coefficient (Wildman–Crippen LogP) is 1.04. The average molecular weight is 307 g/mol. The van der Waals surface area contributed by atoms with E-state index in [0.29, 0.717) is 17.9 Å². The highest BCUT2D eigenvalue weighted by molar-refractivity contribution is 7.89. The third kappa shape index (κ3) is 4.01. The summed E-state index contributed by atoms with van der Waals surface area (Å²) < 4.78 is 22.2. The van der Waals surface area contributed by atoms with Gasteiger partial charge in [-0.25, -0.2) is 18.4 Å². The maximum Gasteiger partial charge on any atom is 0.335 e. The zero-order chi connectivity index (χ0) is 15.5. The minimum absolute atomic E-state index is 0.0269. The fourth-order valence-electron chi connectivity index (χ4n) is 1.66. The van der Waals surface area contributed by atoms with Gasteiger partial charge in [-0.05, 0) is 36.4 Å². The van der Waals surface area contributed by atoms with Gasteiger partial charge in [0.25, 0.3) is 0 Å². The molecule has 0 atom stereocenters. The second-order valence-corrected chi connectivity index (χ2v) is 5.83. The van der Waals surface area contributed by atoms with E-state index in [9.17, 15) is 13.2 Å². The van der Waals surface area contributed by atoms with Crippen LogP contribution >= 0.6 is 0 Å². The molecule has 0 bridgehead atoms. The van der Waals surface area contributed by atoms with Crippen molar-refractivity contribution in [1.82, 2.24) is 4.98 Å². The molecule has 8 heteroatoms. The standard InChI is InChI=1S/C13H13N3O4S/c14-21(19,20)12-3-1-10(2-4-12)16-8-11-7-9(13(17)18)5-6-15-11/h1-7,16H,8H2,(H,17,18)(H2,14,19,20). The van der Waals surface area contributed by atoms with Crippen LogP contribution in [-0.2, 0) is 16.6 Å². The number of hydrogen-bond donors (Lipinski definition) is 3. The van der Waals surface area contributed by atoms with Crippen LogP contribution in [0, 0.1) is 0 Å². The van der Waals surface area contributed by atoms with Crippen LogP contribution in [0.2, 0.25) is 0 Å². The number of aromatic nitrogens is 1. The normalized spacial score (nSPS) is 11.1. The van der Waals surface area contributed by atoms with Crippen LogP contribution in [-0.4, -0.2) is 24.5 Å². The lowest BCUT2D eigenvalue weighted by Crippen LogP contribution is -2.12. The van der Waals surface area contributed by atoms with Gasteiger partial charge in [-0.15, -0.1) is 0 Å². The molecule has 0 fully saturated rings. The van der Waals surface area contributed by atoms with Crippen LogP contribution in [0.3, 0.4) is 0 Å². The molecule has 0 saturated heterocycles. The van der Waals surface area contributed by atoms with Crippen molar-refractivity contribution < 1.29 is 18.3 Å². The monoisotopic (exact) mass is 307 g/mol. The molecule has 1 aromatic carbocycles. The third-order valence-electron chi connectivity index (χ3n) is 2.72. The first-order valence-corrected chi connectivity index (χ1v) is 7.46. The van der Waals surface area contributed by atoms with Crippen molar-refractivity contribution in [2.24, 2.45) is 5.14 Å². The number of carboxylic acids is 1. The minimum atomic E-state index is -3.71. The van der Waals surface area contributed by atoms with Crippen molar-refractivity contribution in [2.75, 3.05) is 5.32 Å². The summed E-state index contributed by atoms with van der Waals surface area (Å²) in [6.45, 7) is 0.315. The van der Waals surface area contributed by atoms with E-state index >= 15 is 0 Å². The Morgan fingerprint density at radius 1 is 1.24 bits per heavy atom. The van der Waals surface area contributed by atoms with Gasteiger partial charge in [-0.1, -0.05) is 0 Å². The van der Waals surface area contributed by atoms with Crippen molar-refractivity contribution in [3.8, 4) is 0 Å². The molecule has 21 heavy (non-hydrogen) atoms. The van der Waals surface area contributed by atoms with E-state index in [1.54, 1.807) is 12.1 Å². The van der Waals surface area contributed by atoms with Gasteiger partial charge in [0.05, 0.1) is 22.7 Å². The molecule has 0 aliphatic rings. The number of nitrogens with two attached hydrogens (primary N) is 1. The quantitative estimate of drug-likeness (QED) is 0.758. The predicted molar refractivity (Wildman–Crippen MR) is 76.3 cm³/mol. The van der Waals surface area contributed by atoms with Gasteiger partial charge in [0.15, 0.2) is 0 Å². The van der Waals surface area contributed by atoms with Crippen LogP contribution in [0.4, 0.5) is 5.69 Å². The molecule has 0 aliphatic heterocycles. The Labute approximate surface area is 121 Å². The molecule has 2 rings (SSSR count). The molecular formula is C13H13N3O4S. The first-order chi connectivity index (χ1) is 9.86. The number of nitrogens with one attached hydrogen (secondary N) is 1. The van der Waals surface area contributed by atoms with Crippen LogP contribution in [0.1, 0.15) is 16.1 Å². The van der Waals surface area contributed by atoms with Crippen molar-refractivity contribution in [3.63, 3.8) is 0 Å². The molecule has 0 aliphatic carbocycles. The molecule has 0 spiro atoms. The number of benzene rings is 1. The molecule has 0 radical (unpaired) electrons. The van der Waals surface area contributed by atoms with Crippen LogP contribution in [0.15, 0.2) is 47.5 Å². The SMILES string of the molecule is NS(=O)(=O)c1ccc(NCc2cc(C(=O)O)ccn2)cc1. The lowest BCUT2D eigenvalue weighted by Gasteiger charge is -2.07. The fraction of sp³-hybridized carbons (Fsp3) is 0.0769. The summed E-state index contributed by atoms with van der Waals surface area (Å²) >= 11 is 0. The number of hydrogen-bond acceptors (Lipinski definition) is 5. The summed E-state index contributed by atoms with van der Waals surface area (Å²) in [5, 5.41) is 16.9. The van der Waals surface area contributed by atoms with Crippen LogP contribution < -0.4 is 10.5 Å². The summed E-state index contributed by atoms with van der Waals surface area (Å²) in [5.74, 6) is -1.02. The average Bonchev–Trinajstić information content (AvgIpc) is 2.45. The minimum Gasteiger partial charge on any atom is -0.478 e. The van der Waals surface area contributed by atoms with Crippen LogP contribution in [0.25, 0.3) is 0 Å². The van der Waals surface area contributed by atoms with E-state index in [4.69, 9.17) is 10.2 Å². The summed E-state index contributed by atoms with van der Waals surface area (Å²) in [5.41, 5.74) is 1.39. The largest absolute Gasteiger partial charge is 0.478 e. The van der Waals surface area contributed by atoms with Gasteiger partial charge in [0, 0.05) is 11.9 Å². The first kappa shape index (κ1) is 14.9. The van der Waals surface area contributed by atoms with Gasteiger partial charge in [0.2, 0.25) is 10.0 Å². The van der Waals surface area contributed by atoms with E-state index in [1.165, 1.54) is 30.5 Å². The number of sulfonamides is 1. The molecule has 7 nitrogen and oxygen atoms in total. The Hall–Kier alpha value is -2.45. The zero-order valence-electron chi connectivity index (χ0n) is 10.9. The maximum absolute atomic E-state index is 11.1. The van der Waals surface area contributed by atoms with Gasteiger partial charge in [0.1, 0.15) is 0 Å². The molecular weight excluding hydrogens is 294 g/mol. The van der Waals surface area contributed by atoms with Crippen molar-refractivity contribution >= 4 is 21.7 Å². The first-order valence-electron chi connectivity index (χ1n) is 5.91. The second kappa shape index (κ2) is 5.90. The number of anilines is 1. The number of primary sulfonamides is 1. The molecule has 0 unspecified atom stereocenters. The topological polar surface area (TPSA) is 122 Å². The molecule has 4 N–H and O–H groups in total. The van der Waals surface area contributed by atoms with E-state index in [0.717, 1.165) is 0 Å². The highest BCUT2D eigenvalue weighted by atomic mass is 32.2. The Morgan fingerprint density at radius 2 is 1.90 bits per heavy atom. The molecule has 2 aromatic rings. The third-order valence-corrected chi connectivity index (χ3v) is 3.65. The van der Waals surface area contributed by atoms with E-state index < -0.39 is 16.0 Å². The molecule has 0 saturated carbocycles. The van der Waals surface area contributed by atoms with Gasteiger partial charge < -0.3 is 10.4 Å². The lowest BCUT2D eigenvalue weighted by molar-refractivity contribution is 0.0696. The number of rotatable bonds is 5. The maximum atomic E-state index is 11.1. The molecule has 110 valence electrons. The summed E-state index contributed by atoms with van der Waals surface area (Å²) in [6.07, 6.45) is 1.42. The fourth-order valence-corrected chi connectivity index (χ4v) is 2.18. The Balaban J connectivity index is 2.06. The van der Waals surface area contributed by atoms with Gasteiger partial charge in [-0.2, -0.15) is 0 Å². The molecule has 1 aromatic heterocycles. The number of nitrogens with zero attached hydrogens (tertiary/aromatic N) is 1. The number of carboxylic acid groups (broad SMARTS) is 1. The van der Waals surface area contributed by atoms with Gasteiger partial charge >= 0.3 is 5.97 Å². The van der Waals surface area contributed by atoms with Crippen molar-refractivity contribution in [2.45, 2.75) is 11.4 Å². The number of pyridine rings is 1. The van der Waals surface area contributed by atoms with E-state index in [1.807, 2.05) is 0 Å². The Bertz CT molecular complexity index is 757. The summed E-state index contributed by atoms with van der Waals surface area (Å²) in [7, 11) is -3.71. The Kier molecular flexibility index (Phi) is 4.20.